The van der Waals surface area contributed by atoms with Crippen LogP contribution in [0.15, 0.2) is 54.9 Å². The Morgan fingerprint density at radius 2 is 1.71 bits per heavy atom. The lowest BCUT2D eigenvalue weighted by molar-refractivity contribution is -0.143. The molecule has 2 aromatic carbocycles. The highest BCUT2D eigenvalue weighted by molar-refractivity contribution is 5.85. The number of likely N-dealkylation sites (N-methyl/N-ethyl adjacent to an activating group) is 1. The van der Waals surface area contributed by atoms with Crippen molar-refractivity contribution in [2.75, 3.05) is 13.6 Å². The molecule has 5 atom stereocenters. The summed E-state index contributed by atoms with van der Waals surface area (Å²) in [7, 11) is 1.81. The lowest BCUT2D eigenvalue weighted by Gasteiger charge is -2.28. The fourth-order valence-corrected chi connectivity index (χ4v) is 5.87. The third-order valence-corrected chi connectivity index (χ3v) is 7.86. The van der Waals surface area contributed by atoms with Crippen LogP contribution in [0.3, 0.4) is 0 Å². The maximum atomic E-state index is 13.8. The van der Waals surface area contributed by atoms with E-state index in [9.17, 15) is 35.5 Å². The zero-order valence-electron chi connectivity index (χ0n) is 22.0. The Bertz CT molecular complexity index is 1340. The second-order valence-corrected chi connectivity index (χ2v) is 10.6. The summed E-state index contributed by atoms with van der Waals surface area (Å²) >= 11 is 0. The molecule has 1 unspecified atom stereocenters. The summed E-state index contributed by atoms with van der Waals surface area (Å²) in [5.74, 6) is -1.12. The second kappa shape index (κ2) is 10.8. The monoisotopic (exact) mass is 584 g/mol. The first kappa shape index (κ1) is 29.1. The first-order chi connectivity index (χ1) is 19.2. The van der Waals surface area contributed by atoms with Gasteiger partial charge in [0.25, 0.3) is 0 Å². The first-order valence-electron chi connectivity index (χ1n) is 12.9. The van der Waals surface area contributed by atoms with E-state index in [0.29, 0.717) is 30.7 Å². The van der Waals surface area contributed by atoms with Crippen molar-refractivity contribution in [1.29, 1.82) is 0 Å². The van der Waals surface area contributed by atoms with Gasteiger partial charge in [0.1, 0.15) is 5.82 Å². The molecule has 1 N–H and O–H groups in total. The van der Waals surface area contributed by atoms with E-state index in [1.165, 1.54) is 19.1 Å². The van der Waals surface area contributed by atoms with Crippen LogP contribution in [-0.4, -0.2) is 57.7 Å². The minimum absolute atomic E-state index is 0.0715. The Hall–Kier alpha value is -3.45. The van der Waals surface area contributed by atoms with Gasteiger partial charge in [-0.25, -0.2) is 4.39 Å². The molecule has 0 bridgehead atoms. The molecule has 6 nitrogen and oxygen atoms in total. The summed E-state index contributed by atoms with van der Waals surface area (Å²) in [6.07, 6.45) is -8.12. The summed E-state index contributed by atoms with van der Waals surface area (Å²) in [6, 6.07) is 6.18. The zero-order valence-corrected chi connectivity index (χ0v) is 22.0. The fraction of sp³-hybridized carbons (Fsp3) is 0.429. The van der Waals surface area contributed by atoms with Crippen LogP contribution in [0.2, 0.25) is 0 Å². The average molecular weight is 585 g/mol. The largest absolute Gasteiger partial charge is 0.416 e. The summed E-state index contributed by atoms with van der Waals surface area (Å²) in [5, 5.41) is 6.64. The fourth-order valence-electron chi connectivity index (χ4n) is 5.87. The Balaban J connectivity index is 1.43. The molecule has 220 valence electrons. The van der Waals surface area contributed by atoms with Gasteiger partial charge in [0.2, 0.25) is 5.91 Å². The predicted molar refractivity (Wildman–Crippen MR) is 133 cm³/mol. The number of hydrogen-bond donors (Lipinski definition) is 1. The summed E-state index contributed by atoms with van der Waals surface area (Å²) in [6.45, 7) is 1.92. The van der Waals surface area contributed by atoms with Crippen molar-refractivity contribution in [3.05, 3.63) is 88.5 Å². The van der Waals surface area contributed by atoms with Gasteiger partial charge >= 0.3 is 12.4 Å². The highest BCUT2D eigenvalue weighted by atomic mass is 19.4. The number of ether oxygens (including phenoxy) is 1. The number of rotatable bonds is 7. The van der Waals surface area contributed by atoms with Crippen LogP contribution in [0.25, 0.3) is 0 Å². The Morgan fingerprint density at radius 3 is 2.27 bits per heavy atom. The third-order valence-electron chi connectivity index (χ3n) is 7.86. The van der Waals surface area contributed by atoms with Crippen molar-refractivity contribution in [2.45, 2.75) is 62.5 Å². The second-order valence-electron chi connectivity index (χ2n) is 10.6. The van der Waals surface area contributed by atoms with E-state index < -0.39 is 53.5 Å². The normalized spacial score (nSPS) is 23.9. The number of alkyl halides is 6. The number of fused-ring (bicyclic) bond motifs is 1. The standard InChI is InChI=1S/C28H27F7N4O2/c1-15(18-7-19(27(30,31)32)9-20(8-18)28(33,34)35)41-24-14-39-22(25(24)17-3-5-21(29)6-4-17)10-23(26(39)40)38(2)13-16-11-36-37-12-16/h3-9,11-12,15,22-25H,10,13-14H2,1-2H3,(H,36,37)/t15-,22+,23?,24+,25+/m1/s1. The molecule has 5 rings (SSSR count). The number of benzene rings is 2. The van der Waals surface area contributed by atoms with E-state index in [0.717, 1.165) is 5.56 Å². The van der Waals surface area contributed by atoms with Crippen molar-refractivity contribution in [3.8, 4) is 0 Å². The molecule has 1 aromatic heterocycles. The molecule has 2 saturated heterocycles. The number of aromatic amines is 1. The Morgan fingerprint density at radius 1 is 1.07 bits per heavy atom. The SMILES string of the molecule is C[C@@H](O[C@H]1CN2C(=O)C(N(C)Cc3cn[nH]c3)C[C@H]2[C@@H]1c1ccc(F)cc1)c1cc(C(F)(F)F)cc(C(F)(F)F)c1. The molecule has 1 amide bonds. The first-order valence-corrected chi connectivity index (χ1v) is 12.9. The van der Waals surface area contributed by atoms with Gasteiger partial charge in [0, 0.05) is 36.8 Å². The number of halogens is 7. The maximum absolute atomic E-state index is 13.8. The molecule has 0 saturated carbocycles. The van der Waals surface area contributed by atoms with Crippen LogP contribution in [0.5, 0.6) is 0 Å². The van der Waals surface area contributed by atoms with Gasteiger partial charge in [0.05, 0.1) is 35.6 Å². The Kier molecular flexibility index (Phi) is 7.62. The molecule has 0 radical (unpaired) electrons. The molecule has 2 aliphatic heterocycles. The number of hydrogen-bond acceptors (Lipinski definition) is 4. The molecule has 2 aliphatic rings. The zero-order chi connectivity index (χ0) is 29.7. The molecule has 0 spiro atoms. The number of amides is 1. The van der Waals surface area contributed by atoms with Crippen molar-refractivity contribution in [1.82, 2.24) is 20.0 Å². The van der Waals surface area contributed by atoms with Crippen LogP contribution >= 0.6 is 0 Å². The van der Waals surface area contributed by atoms with Gasteiger partial charge in [-0.2, -0.15) is 31.4 Å². The van der Waals surface area contributed by atoms with E-state index in [2.05, 4.69) is 10.2 Å². The highest BCUT2D eigenvalue weighted by Crippen LogP contribution is 2.45. The number of aromatic nitrogens is 2. The van der Waals surface area contributed by atoms with Crippen LogP contribution in [0.4, 0.5) is 30.7 Å². The van der Waals surface area contributed by atoms with Gasteiger partial charge in [-0.3, -0.25) is 14.8 Å². The molecule has 3 heterocycles. The van der Waals surface area contributed by atoms with E-state index in [-0.39, 0.29) is 30.1 Å². The van der Waals surface area contributed by atoms with Gasteiger partial charge in [-0.05, 0) is 61.9 Å². The maximum Gasteiger partial charge on any atom is 0.416 e. The lowest BCUT2D eigenvalue weighted by atomic mass is 9.87. The van der Waals surface area contributed by atoms with E-state index in [1.807, 2.05) is 11.9 Å². The number of nitrogens with one attached hydrogen (secondary N) is 1. The molecular formula is C28H27F7N4O2. The Labute approximate surface area is 231 Å². The predicted octanol–water partition coefficient (Wildman–Crippen LogP) is 5.93. The van der Waals surface area contributed by atoms with E-state index in [1.54, 1.807) is 29.4 Å². The number of nitrogens with zero attached hydrogens (tertiary/aromatic N) is 3. The molecule has 13 heteroatoms. The van der Waals surface area contributed by atoms with Crippen molar-refractivity contribution in [3.63, 3.8) is 0 Å². The van der Waals surface area contributed by atoms with Crippen LogP contribution in [0.1, 0.15) is 53.2 Å². The van der Waals surface area contributed by atoms with Crippen LogP contribution in [0, 0.1) is 5.82 Å². The van der Waals surface area contributed by atoms with E-state index in [4.69, 9.17) is 4.74 Å². The third kappa shape index (κ3) is 5.96. The average Bonchev–Trinajstić information content (AvgIpc) is 3.61. The minimum atomic E-state index is -4.99. The quantitative estimate of drug-likeness (QED) is 0.350. The van der Waals surface area contributed by atoms with Crippen molar-refractivity contribution >= 4 is 5.91 Å². The van der Waals surface area contributed by atoms with Crippen molar-refractivity contribution < 1.29 is 40.3 Å². The summed E-state index contributed by atoms with van der Waals surface area (Å²) in [4.78, 5) is 17.0. The van der Waals surface area contributed by atoms with Gasteiger partial charge in [-0.15, -0.1) is 0 Å². The van der Waals surface area contributed by atoms with Gasteiger partial charge < -0.3 is 9.64 Å². The molecule has 3 aromatic rings. The number of carbonyl (C=O) groups is 1. The summed E-state index contributed by atoms with van der Waals surface area (Å²) < 4.78 is 101. The summed E-state index contributed by atoms with van der Waals surface area (Å²) in [5.41, 5.74) is -1.61. The molecule has 0 aliphatic carbocycles. The smallest absolute Gasteiger partial charge is 0.368 e. The minimum Gasteiger partial charge on any atom is -0.368 e. The number of carbonyl (C=O) groups excluding carboxylic acids is 1. The highest BCUT2D eigenvalue weighted by Gasteiger charge is 2.53. The topological polar surface area (TPSA) is 61.5 Å². The lowest BCUT2D eigenvalue weighted by Crippen LogP contribution is -2.40. The van der Waals surface area contributed by atoms with Gasteiger partial charge in [0.15, 0.2) is 0 Å². The number of H-pyrrole nitrogens is 1. The van der Waals surface area contributed by atoms with Gasteiger partial charge in [-0.1, -0.05) is 12.1 Å². The molecule has 41 heavy (non-hydrogen) atoms. The van der Waals surface area contributed by atoms with Crippen LogP contribution in [-0.2, 0) is 28.4 Å². The molecule has 2 fully saturated rings. The molecular weight excluding hydrogens is 557 g/mol. The van der Waals surface area contributed by atoms with E-state index >= 15 is 0 Å². The van der Waals surface area contributed by atoms with Crippen LogP contribution < -0.4 is 0 Å². The van der Waals surface area contributed by atoms with Crippen molar-refractivity contribution in [2.24, 2.45) is 0 Å².